The van der Waals surface area contributed by atoms with Gasteiger partial charge in [0.2, 0.25) is 5.95 Å². The molecular formula is C16H10F4N4O. The zero-order chi connectivity index (χ0) is 18.1. The minimum atomic E-state index is -1.39. The summed E-state index contributed by atoms with van der Waals surface area (Å²) in [6.07, 6.45) is 2.67. The predicted octanol–water partition coefficient (Wildman–Crippen LogP) is 3.63. The topological polar surface area (TPSA) is 70.7 Å². The molecule has 0 unspecified atom stereocenters. The Kier molecular flexibility index (Phi) is 4.22. The van der Waals surface area contributed by atoms with Crippen LogP contribution >= 0.6 is 0 Å². The van der Waals surface area contributed by atoms with Crippen molar-refractivity contribution in [1.29, 1.82) is 0 Å². The monoisotopic (exact) mass is 350 g/mol. The molecule has 0 spiro atoms. The number of hydrogen-bond donors (Lipinski definition) is 2. The SMILES string of the molecule is Cc1c(F)cnc(F)c1NC(=O)/C(F)=C/c1ccc2cn[nH]c2c1F. The van der Waals surface area contributed by atoms with Crippen molar-refractivity contribution in [1.82, 2.24) is 15.2 Å². The van der Waals surface area contributed by atoms with E-state index in [1.165, 1.54) is 25.3 Å². The smallest absolute Gasteiger partial charge is 0.284 e. The molecule has 0 bridgehead atoms. The van der Waals surface area contributed by atoms with Gasteiger partial charge in [0, 0.05) is 16.5 Å². The molecule has 2 heterocycles. The summed E-state index contributed by atoms with van der Waals surface area (Å²) in [5.74, 6) is -5.57. The maximum absolute atomic E-state index is 14.2. The fourth-order valence-electron chi connectivity index (χ4n) is 2.18. The van der Waals surface area contributed by atoms with Crippen molar-refractivity contribution in [3.63, 3.8) is 0 Å². The number of nitrogens with zero attached hydrogens (tertiary/aromatic N) is 2. The van der Waals surface area contributed by atoms with E-state index in [0.717, 1.165) is 0 Å². The molecular weight excluding hydrogens is 340 g/mol. The molecule has 0 saturated heterocycles. The lowest BCUT2D eigenvalue weighted by atomic mass is 10.1. The molecule has 2 aromatic heterocycles. The van der Waals surface area contributed by atoms with Crippen molar-refractivity contribution in [2.45, 2.75) is 6.92 Å². The van der Waals surface area contributed by atoms with E-state index < -0.39 is 35.0 Å². The molecule has 0 atom stereocenters. The molecule has 25 heavy (non-hydrogen) atoms. The summed E-state index contributed by atoms with van der Waals surface area (Å²) < 4.78 is 55.2. The van der Waals surface area contributed by atoms with Crippen molar-refractivity contribution in [2.24, 2.45) is 0 Å². The van der Waals surface area contributed by atoms with Crippen LogP contribution in [-0.4, -0.2) is 21.1 Å². The zero-order valence-electron chi connectivity index (χ0n) is 12.7. The highest BCUT2D eigenvalue weighted by molar-refractivity contribution is 6.05. The number of benzene rings is 1. The first-order valence-corrected chi connectivity index (χ1v) is 6.99. The zero-order valence-corrected chi connectivity index (χ0v) is 12.7. The van der Waals surface area contributed by atoms with Gasteiger partial charge in [-0.2, -0.15) is 9.49 Å². The van der Waals surface area contributed by atoms with Gasteiger partial charge in [0.25, 0.3) is 5.91 Å². The lowest BCUT2D eigenvalue weighted by Crippen LogP contribution is -2.15. The third-order valence-corrected chi connectivity index (χ3v) is 3.55. The van der Waals surface area contributed by atoms with E-state index in [1.54, 1.807) is 0 Å². The molecule has 0 radical (unpaired) electrons. The van der Waals surface area contributed by atoms with Gasteiger partial charge in [-0.1, -0.05) is 12.1 Å². The molecule has 0 aliphatic rings. The highest BCUT2D eigenvalue weighted by Crippen LogP contribution is 2.23. The van der Waals surface area contributed by atoms with Crippen LogP contribution in [0.3, 0.4) is 0 Å². The van der Waals surface area contributed by atoms with Crippen LogP contribution in [0.4, 0.5) is 23.2 Å². The standard InChI is InChI=1S/C16H10F4N4O/c1-7-11(18)6-21-15(20)13(7)23-16(25)10(17)4-8-2-3-9-5-22-24-14(9)12(8)19/h2-6H,1H3,(H,22,24)(H,23,25)/b10-4-. The second kappa shape index (κ2) is 6.34. The minimum absolute atomic E-state index is 0.0539. The van der Waals surface area contributed by atoms with E-state index in [1.807, 2.05) is 5.32 Å². The summed E-state index contributed by atoms with van der Waals surface area (Å²) in [5, 5.41) is 8.44. The second-order valence-corrected chi connectivity index (χ2v) is 5.15. The van der Waals surface area contributed by atoms with Gasteiger partial charge >= 0.3 is 0 Å². The van der Waals surface area contributed by atoms with Gasteiger partial charge in [-0.3, -0.25) is 9.89 Å². The number of nitrogens with one attached hydrogen (secondary N) is 2. The number of aromatic nitrogens is 3. The number of hydrogen-bond acceptors (Lipinski definition) is 3. The van der Waals surface area contributed by atoms with Gasteiger partial charge in [0.1, 0.15) is 17.0 Å². The van der Waals surface area contributed by atoms with Gasteiger partial charge in [-0.15, -0.1) is 0 Å². The third-order valence-electron chi connectivity index (χ3n) is 3.55. The van der Waals surface area contributed by atoms with E-state index in [2.05, 4.69) is 15.2 Å². The molecule has 5 nitrogen and oxygen atoms in total. The Morgan fingerprint density at radius 1 is 1.24 bits per heavy atom. The number of pyridine rings is 1. The van der Waals surface area contributed by atoms with Gasteiger partial charge in [-0.05, 0) is 13.0 Å². The van der Waals surface area contributed by atoms with Crippen LogP contribution in [-0.2, 0) is 4.79 Å². The Labute approximate surface area is 138 Å². The number of halogens is 4. The normalized spacial score (nSPS) is 11.8. The Morgan fingerprint density at radius 2 is 2.00 bits per heavy atom. The van der Waals surface area contributed by atoms with Crippen molar-refractivity contribution in [3.05, 3.63) is 59.1 Å². The maximum atomic E-state index is 14.2. The molecule has 3 aromatic rings. The summed E-state index contributed by atoms with van der Waals surface area (Å²) in [7, 11) is 0. The largest absolute Gasteiger partial charge is 0.316 e. The first-order chi connectivity index (χ1) is 11.9. The Morgan fingerprint density at radius 3 is 2.76 bits per heavy atom. The average Bonchev–Trinajstić information content (AvgIpc) is 3.07. The van der Waals surface area contributed by atoms with Crippen LogP contribution in [0.5, 0.6) is 0 Å². The molecule has 2 N–H and O–H groups in total. The Hall–Kier alpha value is -3.23. The lowest BCUT2D eigenvalue weighted by molar-refractivity contribution is -0.114. The Balaban J connectivity index is 1.90. The van der Waals surface area contributed by atoms with Gasteiger partial charge in [-0.25, -0.2) is 18.2 Å². The van der Waals surface area contributed by atoms with E-state index in [0.29, 0.717) is 17.7 Å². The number of carbonyl (C=O) groups is 1. The fraction of sp³-hybridized carbons (Fsp3) is 0.0625. The Bertz CT molecular complexity index is 1010. The number of carbonyl (C=O) groups excluding carboxylic acids is 1. The third kappa shape index (κ3) is 3.08. The van der Waals surface area contributed by atoms with Crippen molar-refractivity contribution < 1.29 is 22.4 Å². The average molecular weight is 350 g/mol. The predicted molar refractivity (Wildman–Crippen MR) is 82.7 cm³/mol. The molecule has 1 aromatic carbocycles. The van der Waals surface area contributed by atoms with Crippen LogP contribution in [0.2, 0.25) is 0 Å². The number of rotatable bonds is 3. The molecule has 3 rings (SSSR count). The van der Waals surface area contributed by atoms with Gasteiger partial charge < -0.3 is 5.32 Å². The first-order valence-electron chi connectivity index (χ1n) is 6.99. The van der Waals surface area contributed by atoms with Crippen LogP contribution in [0, 0.1) is 24.5 Å². The first kappa shape index (κ1) is 16.6. The number of H-pyrrole nitrogens is 1. The second-order valence-electron chi connectivity index (χ2n) is 5.15. The number of fused-ring (bicyclic) bond motifs is 1. The van der Waals surface area contributed by atoms with Crippen LogP contribution in [0.15, 0.2) is 30.4 Å². The summed E-state index contributed by atoms with van der Waals surface area (Å²) in [4.78, 5) is 15.0. The number of aromatic amines is 1. The molecule has 0 saturated carbocycles. The van der Waals surface area contributed by atoms with E-state index in [-0.39, 0.29) is 16.6 Å². The molecule has 9 heteroatoms. The maximum Gasteiger partial charge on any atom is 0.284 e. The fourth-order valence-corrected chi connectivity index (χ4v) is 2.18. The quantitative estimate of drug-likeness (QED) is 0.430. The van der Waals surface area contributed by atoms with Gasteiger partial charge in [0.15, 0.2) is 11.6 Å². The highest BCUT2D eigenvalue weighted by atomic mass is 19.1. The van der Waals surface area contributed by atoms with Crippen LogP contribution < -0.4 is 5.32 Å². The molecule has 0 aliphatic heterocycles. The molecule has 0 aliphatic carbocycles. The molecule has 0 fully saturated rings. The molecule has 128 valence electrons. The summed E-state index contributed by atoms with van der Waals surface area (Å²) in [6.45, 7) is 1.20. The van der Waals surface area contributed by atoms with E-state index >= 15 is 0 Å². The number of amides is 1. The van der Waals surface area contributed by atoms with Gasteiger partial charge in [0.05, 0.1) is 12.4 Å². The minimum Gasteiger partial charge on any atom is -0.316 e. The van der Waals surface area contributed by atoms with Crippen molar-refractivity contribution in [2.75, 3.05) is 5.32 Å². The van der Waals surface area contributed by atoms with E-state index in [9.17, 15) is 22.4 Å². The van der Waals surface area contributed by atoms with E-state index in [4.69, 9.17) is 0 Å². The van der Waals surface area contributed by atoms with Crippen LogP contribution in [0.1, 0.15) is 11.1 Å². The summed E-state index contributed by atoms with van der Waals surface area (Å²) >= 11 is 0. The van der Waals surface area contributed by atoms with Crippen LogP contribution in [0.25, 0.3) is 17.0 Å². The number of anilines is 1. The molecule has 1 amide bonds. The lowest BCUT2D eigenvalue weighted by Gasteiger charge is -2.08. The van der Waals surface area contributed by atoms with Crippen molar-refractivity contribution >= 4 is 28.6 Å². The highest BCUT2D eigenvalue weighted by Gasteiger charge is 2.18. The van der Waals surface area contributed by atoms with Crippen molar-refractivity contribution in [3.8, 4) is 0 Å². The summed E-state index contributed by atoms with van der Waals surface area (Å²) in [5.41, 5.74) is -0.978. The summed E-state index contributed by atoms with van der Waals surface area (Å²) in [6, 6.07) is 2.74.